The quantitative estimate of drug-likeness (QED) is 0.884. The van der Waals surface area contributed by atoms with Gasteiger partial charge >= 0.3 is 5.97 Å². The minimum absolute atomic E-state index is 0.146. The van der Waals surface area contributed by atoms with E-state index < -0.39 is 5.97 Å². The fourth-order valence-electron chi connectivity index (χ4n) is 1.57. The molecule has 0 aliphatic carbocycles. The predicted molar refractivity (Wildman–Crippen MR) is 64.7 cm³/mol. The van der Waals surface area contributed by atoms with Crippen molar-refractivity contribution in [2.75, 3.05) is 12.0 Å². The highest BCUT2D eigenvalue weighted by molar-refractivity contribution is 9.10. The number of nitrogens with one attached hydrogen (secondary N) is 1. The second-order valence-corrected chi connectivity index (χ2v) is 4.15. The molecule has 5 nitrogen and oxygen atoms in total. The average Bonchev–Trinajstić information content (AvgIpc) is 2.21. The molecular weight excluding hydrogens is 276 g/mol. The van der Waals surface area contributed by atoms with Crippen molar-refractivity contribution in [1.29, 1.82) is 0 Å². The van der Waals surface area contributed by atoms with Crippen LogP contribution in [0.3, 0.4) is 0 Å². The van der Waals surface area contributed by atoms with Crippen LogP contribution in [0.25, 0.3) is 0 Å². The molecule has 0 aliphatic rings. The molecule has 6 heteroatoms. The molecule has 0 aromatic carbocycles. The lowest BCUT2D eigenvalue weighted by molar-refractivity contribution is 0.0694. The standard InChI is InChI=1S/C10H13BrN2O3/c1-4-12-13-6(3)7(10(15)16)5(2)8(11)9(13)14/h12H,4H2,1-3H3,(H,15,16). The van der Waals surface area contributed by atoms with Gasteiger partial charge in [-0.05, 0) is 42.3 Å². The van der Waals surface area contributed by atoms with Gasteiger partial charge in [0.2, 0.25) is 0 Å². The minimum atomic E-state index is -1.04. The number of carboxylic acid groups (broad SMARTS) is 1. The van der Waals surface area contributed by atoms with Crippen LogP contribution in [0.4, 0.5) is 0 Å². The second kappa shape index (κ2) is 4.69. The number of pyridine rings is 1. The van der Waals surface area contributed by atoms with Crippen molar-refractivity contribution in [3.8, 4) is 0 Å². The molecule has 0 saturated heterocycles. The molecule has 88 valence electrons. The maximum Gasteiger partial charge on any atom is 0.337 e. The van der Waals surface area contributed by atoms with Gasteiger partial charge in [0, 0.05) is 6.54 Å². The van der Waals surface area contributed by atoms with Gasteiger partial charge in [-0.25, -0.2) is 9.47 Å². The Labute approximate surface area is 101 Å². The predicted octanol–water partition coefficient (Wildman–Crippen LogP) is 1.49. The molecule has 0 bridgehead atoms. The first kappa shape index (κ1) is 12.8. The number of aromatic carboxylic acids is 1. The summed E-state index contributed by atoms with van der Waals surface area (Å²) in [6.45, 7) is 5.58. The molecule has 1 aromatic rings. The third kappa shape index (κ3) is 1.97. The molecule has 1 heterocycles. The molecule has 16 heavy (non-hydrogen) atoms. The average molecular weight is 289 g/mol. The van der Waals surface area contributed by atoms with E-state index in [2.05, 4.69) is 21.4 Å². The SMILES string of the molecule is CCNn1c(C)c(C(=O)O)c(C)c(Br)c1=O. The zero-order valence-electron chi connectivity index (χ0n) is 9.30. The van der Waals surface area contributed by atoms with Gasteiger partial charge in [-0.15, -0.1) is 0 Å². The van der Waals surface area contributed by atoms with Gasteiger partial charge in [0.15, 0.2) is 0 Å². The lowest BCUT2D eigenvalue weighted by atomic mass is 10.1. The van der Waals surface area contributed by atoms with Crippen molar-refractivity contribution >= 4 is 21.9 Å². The number of carboxylic acids is 1. The van der Waals surface area contributed by atoms with Crippen LogP contribution in [0.15, 0.2) is 9.27 Å². The van der Waals surface area contributed by atoms with Gasteiger partial charge in [0.1, 0.15) is 0 Å². The normalized spacial score (nSPS) is 10.2. The van der Waals surface area contributed by atoms with Gasteiger partial charge in [-0.2, -0.15) is 0 Å². The first-order valence-electron chi connectivity index (χ1n) is 4.80. The topological polar surface area (TPSA) is 71.3 Å². The Kier molecular flexibility index (Phi) is 3.74. The van der Waals surface area contributed by atoms with Gasteiger partial charge in [0.25, 0.3) is 5.56 Å². The van der Waals surface area contributed by atoms with Gasteiger partial charge in [-0.3, -0.25) is 4.79 Å². The molecule has 0 saturated carbocycles. The van der Waals surface area contributed by atoms with E-state index in [1.807, 2.05) is 6.92 Å². The minimum Gasteiger partial charge on any atom is -0.478 e. The third-order valence-electron chi connectivity index (χ3n) is 2.32. The number of halogens is 1. The molecule has 0 fully saturated rings. The first-order chi connectivity index (χ1) is 7.41. The van der Waals surface area contributed by atoms with E-state index in [9.17, 15) is 9.59 Å². The van der Waals surface area contributed by atoms with Crippen molar-refractivity contribution in [2.45, 2.75) is 20.8 Å². The van der Waals surface area contributed by atoms with E-state index in [-0.39, 0.29) is 15.6 Å². The Morgan fingerprint density at radius 1 is 1.50 bits per heavy atom. The van der Waals surface area contributed by atoms with Crippen molar-refractivity contribution in [3.63, 3.8) is 0 Å². The monoisotopic (exact) mass is 288 g/mol. The summed E-state index contributed by atoms with van der Waals surface area (Å²) >= 11 is 3.12. The third-order valence-corrected chi connectivity index (χ3v) is 3.26. The molecule has 0 spiro atoms. The Morgan fingerprint density at radius 2 is 2.06 bits per heavy atom. The highest BCUT2D eigenvalue weighted by Gasteiger charge is 2.19. The lowest BCUT2D eigenvalue weighted by Gasteiger charge is -2.16. The summed E-state index contributed by atoms with van der Waals surface area (Å²) < 4.78 is 1.53. The van der Waals surface area contributed by atoms with Gasteiger partial charge in [-0.1, -0.05) is 0 Å². The van der Waals surface area contributed by atoms with E-state index in [4.69, 9.17) is 5.11 Å². The van der Waals surface area contributed by atoms with Crippen molar-refractivity contribution in [1.82, 2.24) is 4.68 Å². The van der Waals surface area contributed by atoms with E-state index in [0.717, 1.165) is 0 Å². The second-order valence-electron chi connectivity index (χ2n) is 3.36. The van der Waals surface area contributed by atoms with E-state index in [1.165, 1.54) is 4.68 Å². The molecule has 0 unspecified atom stereocenters. The zero-order valence-corrected chi connectivity index (χ0v) is 10.9. The van der Waals surface area contributed by atoms with Gasteiger partial charge < -0.3 is 10.5 Å². The van der Waals surface area contributed by atoms with E-state index >= 15 is 0 Å². The van der Waals surface area contributed by atoms with Crippen LogP contribution in [0.1, 0.15) is 28.5 Å². The van der Waals surface area contributed by atoms with Crippen LogP contribution in [0, 0.1) is 13.8 Å². The highest BCUT2D eigenvalue weighted by Crippen LogP contribution is 2.18. The Bertz CT molecular complexity index is 494. The fourth-order valence-corrected chi connectivity index (χ4v) is 1.94. The number of hydrogen-bond donors (Lipinski definition) is 2. The smallest absolute Gasteiger partial charge is 0.337 e. The van der Waals surface area contributed by atoms with Crippen LogP contribution in [-0.2, 0) is 0 Å². The molecule has 0 amide bonds. The van der Waals surface area contributed by atoms with Crippen molar-refractivity contribution in [2.24, 2.45) is 0 Å². The number of rotatable bonds is 3. The molecule has 1 aromatic heterocycles. The van der Waals surface area contributed by atoms with Crippen molar-refractivity contribution < 1.29 is 9.90 Å². The Balaban J connectivity index is 3.66. The molecule has 2 N–H and O–H groups in total. The van der Waals surface area contributed by atoms with Crippen LogP contribution in [0.5, 0.6) is 0 Å². The first-order valence-corrected chi connectivity index (χ1v) is 5.60. The molecule has 0 radical (unpaired) electrons. The summed E-state index contributed by atoms with van der Waals surface area (Å²) in [6, 6.07) is 0. The fraction of sp³-hybridized carbons (Fsp3) is 0.400. The molecule has 1 rings (SSSR count). The maximum atomic E-state index is 11.8. The summed E-state index contributed by atoms with van der Waals surface area (Å²) in [5.74, 6) is -1.04. The van der Waals surface area contributed by atoms with Crippen LogP contribution in [-0.4, -0.2) is 22.3 Å². The summed E-state index contributed by atoms with van der Waals surface area (Å²) in [5.41, 5.74) is 3.54. The summed E-state index contributed by atoms with van der Waals surface area (Å²) in [5, 5.41) is 9.09. The highest BCUT2D eigenvalue weighted by atomic mass is 79.9. The number of nitrogens with zero attached hydrogens (tertiary/aromatic N) is 1. The van der Waals surface area contributed by atoms with Gasteiger partial charge in [0.05, 0.1) is 15.7 Å². The van der Waals surface area contributed by atoms with Crippen LogP contribution >= 0.6 is 15.9 Å². The number of aromatic nitrogens is 1. The van der Waals surface area contributed by atoms with E-state index in [0.29, 0.717) is 17.8 Å². The summed E-state index contributed by atoms with van der Waals surface area (Å²) in [6.07, 6.45) is 0. The summed E-state index contributed by atoms with van der Waals surface area (Å²) in [7, 11) is 0. The van der Waals surface area contributed by atoms with Crippen LogP contribution < -0.4 is 11.0 Å². The van der Waals surface area contributed by atoms with Crippen molar-refractivity contribution in [3.05, 3.63) is 31.6 Å². The number of hydrogen-bond acceptors (Lipinski definition) is 3. The largest absolute Gasteiger partial charge is 0.478 e. The molecule has 0 aliphatic heterocycles. The lowest BCUT2D eigenvalue weighted by Crippen LogP contribution is -2.33. The molecule has 0 atom stereocenters. The Hall–Kier alpha value is -1.30. The zero-order chi connectivity index (χ0) is 12.5. The van der Waals surface area contributed by atoms with Crippen LogP contribution in [0.2, 0.25) is 0 Å². The number of carbonyl (C=O) groups is 1. The van der Waals surface area contributed by atoms with E-state index in [1.54, 1.807) is 13.8 Å². The summed E-state index contributed by atoms with van der Waals surface area (Å²) in [4.78, 5) is 22.9. The molecular formula is C10H13BrN2O3. The Morgan fingerprint density at radius 3 is 2.50 bits per heavy atom. The maximum absolute atomic E-state index is 11.8.